The number of likely N-dealkylation sites (tertiary alicyclic amines) is 1. The Labute approximate surface area is 203 Å². The minimum Gasteiger partial charge on any atom is -0.368 e. The second kappa shape index (κ2) is 9.35. The molecule has 3 heterocycles. The summed E-state index contributed by atoms with van der Waals surface area (Å²) in [7, 11) is 0. The van der Waals surface area contributed by atoms with Crippen LogP contribution in [0.2, 0.25) is 5.02 Å². The van der Waals surface area contributed by atoms with Crippen molar-refractivity contribution < 1.29 is 0 Å². The van der Waals surface area contributed by atoms with Gasteiger partial charge in [0.15, 0.2) is 0 Å². The molecule has 1 aliphatic carbocycles. The third-order valence-electron chi connectivity index (χ3n) is 8.31. The van der Waals surface area contributed by atoms with Crippen LogP contribution in [0.1, 0.15) is 62.8 Å². The van der Waals surface area contributed by atoms with E-state index in [9.17, 15) is 0 Å². The van der Waals surface area contributed by atoms with E-state index in [1.165, 1.54) is 92.3 Å². The number of para-hydroxylation sites is 1. The number of nitrogens with zero attached hydrogens (tertiary/aromatic N) is 3. The molecule has 0 atom stereocenters. The summed E-state index contributed by atoms with van der Waals surface area (Å²) in [6.07, 6.45) is 10.9. The van der Waals surface area contributed by atoms with Crippen molar-refractivity contribution in [1.82, 2.24) is 9.47 Å². The molecule has 0 unspecified atom stereocenters. The van der Waals surface area contributed by atoms with Gasteiger partial charge in [-0.15, -0.1) is 0 Å². The molecule has 2 aromatic carbocycles. The summed E-state index contributed by atoms with van der Waals surface area (Å²) in [6.45, 7) is 6.82. The molecule has 0 radical (unpaired) electrons. The minimum atomic E-state index is 0.670. The molecule has 3 aliphatic rings. The molecular formula is C29H36ClN3. The summed E-state index contributed by atoms with van der Waals surface area (Å²) in [5, 5.41) is 2.32. The number of hydrogen-bond donors (Lipinski definition) is 0. The van der Waals surface area contributed by atoms with Crippen LogP contribution >= 0.6 is 11.6 Å². The van der Waals surface area contributed by atoms with Crippen molar-refractivity contribution in [3.05, 3.63) is 53.1 Å². The van der Waals surface area contributed by atoms with Gasteiger partial charge in [0.2, 0.25) is 0 Å². The molecule has 0 amide bonds. The smallest absolute Gasteiger partial charge is 0.0548 e. The predicted octanol–water partition coefficient (Wildman–Crippen LogP) is 7.32. The third-order valence-corrected chi connectivity index (χ3v) is 8.54. The Morgan fingerprint density at radius 1 is 0.788 bits per heavy atom. The zero-order chi connectivity index (χ0) is 22.2. The van der Waals surface area contributed by atoms with Crippen molar-refractivity contribution in [2.45, 2.75) is 63.8 Å². The second-order valence-corrected chi connectivity index (χ2v) is 10.8. The lowest BCUT2D eigenvalue weighted by atomic mass is 9.81. The van der Waals surface area contributed by atoms with E-state index in [4.69, 9.17) is 11.6 Å². The third kappa shape index (κ3) is 4.08. The first-order chi connectivity index (χ1) is 16.3. The maximum absolute atomic E-state index is 6.59. The summed E-state index contributed by atoms with van der Waals surface area (Å²) in [5.41, 5.74) is 7.19. The fourth-order valence-electron chi connectivity index (χ4n) is 6.64. The molecule has 3 aromatic rings. The van der Waals surface area contributed by atoms with E-state index >= 15 is 0 Å². The Kier molecular flexibility index (Phi) is 6.11. The van der Waals surface area contributed by atoms with Gasteiger partial charge >= 0.3 is 0 Å². The summed E-state index contributed by atoms with van der Waals surface area (Å²) in [5.74, 6) is 0.670. The fraction of sp³-hybridized carbons (Fsp3) is 0.517. The van der Waals surface area contributed by atoms with Gasteiger partial charge in [-0.3, -0.25) is 0 Å². The predicted molar refractivity (Wildman–Crippen MR) is 141 cm³/mol. The molecule has 1 saturated heterocycles. The standard InChI is InChI=1S/C29H36ClN3/c30-23-13-14-25-27(21-23)32(18-17-31-15-7-2-8-16-31)19-20-33-26-12-6-5-11-24(26)28(29(25)33)22-9-3-1-4-10-22/h5-6,11-14,21-22H,1-4,7-10,15-20H2. The highest BCUT2D eigenvalue weighted by Gasteiger charge is 2.30. The average Bonchev–Trinajstić information content (AvgIpc) is 3.10. The van der Waals surface area contributed by atoms with Crippen LogP contribution in [0.25, 0.3) is 22.2 Å². The van der Waals surface area contributed by atoms with Gasteiger partial charge in [-0.25, -0.2) is 0 Å². The Morgan fingerprint density at radius 3 is 2.42 bits per heavy atom. The number of hydrogen-bond acceptors (Lipinski definition) is 2. The van der Waals surface area contributed by atoms with Crippen molar-refractivity contribution in [2.75, 3.05) is 37.6 Å². The molecule has 2 aliphatic heterocycles. The zero-order valence-electron chi connectivity index (χ0n) is 19.7. The Hall–Kier alpha value is -1.97. The van der Waals surface area contributed by atoms with Gasteiger partial charge in [-0.05, 0) is 74.5 Å². The minimum absolute atomic E-state index is 0.670. The molecular weight excluding hydrogens is 426 g/mol. The molecule has 1 saturated carbocycles. The van der Waals surface area contributed by atoms with Crippen molar-refractivity contribution in [2.24, 2.45) is 0 Å². The summed E-state index contributed by atoms with van der Waals surface area (Å²) in [4.78, 5) is 5.27. The van der Waals surface area contributed by atoms with E-state index in [0.717, 1.165) is 31.2 Å². The number of piperidine rings is 1. The Bertz CT molecular complexity index is 1120. The molecule has 0 bridgehead atoms. The van der Waals surface area contributed by atoms with Gasteiger partial charge in [0.05, 0.1) is 5.69 Å². The monoisotopic (exact) mass is 461 g/mol. The van der Waals surface area contributed by atoms with Crippen LogP contribution in [0.3, 0.4) is 0 Å². The number of fused-ring (bicyclic) bond motifs is 5. The first kappa shape index (κ1) is 21.6. The molecule has 4 heteroatoms. The topological polar surface area (TPSA) is 11.4 Å². The van der Waals surface area contributed by atoms with E-state index in [0.29, 0.717) is 5.92 Å². The van der Waals surface area contributed by atoms with Crippen molar-refractivity contribution in [1.29, 1.82) is 0 Å². The lowest BCUT2D eigenvalue weighted by Gasteiger charge is -2.31. The Balaban J connectivity index is 1.45. The fourth-order valence-corrected chi connectivity index (χ4v) is 6.81. The molecule has 2 fully saturated rings. The van der Waals surface area contributed by atoms with E-state index < -0.39 is 0 Å². The maximum Gasteiger partial charge on any atom is 0.0548 e. The number of halogens is 1. The van der Waals surface area contributed by atoms with Crippen LogP contribution in [0.5, 0.6) is 0 Å². The quantitative estimate of drug-likeness (QED) is 0.403. The van der Waals surface area contributed by atoms with Gasteiger partial charge in [-0.2, -0.15) is 0 Å². The lowest BCUT2D eigenvalue weighted by Crippen LogP contribution is -2.38. The zero-order valence-corrected chi connectivity index (χ0v) is 20.5. The number of rotatable bonds is 4. The molecule has 33 heavy (non-hydrogen) atoms. The number of aromatic nitrogens is 1. The Morgan fingerprint density at radius 2 is 1.58 bits per heavy atom. The summed E-state index contributed by atoms with van der Waals surface area (Å²) in [6, 6.07) is 15.8. The average molecular weight is 462 g/mol. The van der Waals surface area contributed by atoms with Gasteiger partial charge in [0, 0.05) is 53.4 Å². The number of benzene rings is 2. The van der Waals surface area contributed by atoms with Crippen molar-refractivity contribution in [3.8, 4) is 11.3 Å². The van der Waals surface area contributed by atoms with Crippen LogP contribution in [-0.2, 0) is 6.54 Å². The first-order valence-electron chi connectivity index (χ1n) is 13.2. The van der Waals surface area contributed by atoms with Crippen LogP contribution in [-0.4, -0.2) is 42.2 Å². The van der Waals surface area contributed by atoms with Crippen LogP contribution in [0.15, 0.2) is 42.5 Å². The molecule has 1 aromatic heterocycles. The van der Waals surface area contributed by atoms with Crippen LogP contribution in [0, 0.1) is 0 Å². The van der Waals surface area contributed by atoms with E-state index in [1.54, 1.807) is 5.56 Å². The highest BCUT2D eigenvalue weighted by Crippen LogP contribution is 2.47. The largest absolute Gasteiger partial charge is 0.368 e. The van der Waals surface area contributed by atoms with E-state index in [1.807, 2.05) is 0 Å². The maximum atomic E-state index is 6.59. The van der Waals surface area contributed by atoms with Crippen molar-refractivity contribution >= 4 is 28.2 Å². The van der Waals surface area contributed by atoms with Crippen LogP contribution in [0.4, 0.5) is 5.69 Å². The number of anilines is 1. The lowest BCUT2D eigenvalue weighted by molar-refractivity contribution is 0.233. The highest BCUT2D eigenvalue weighted by molar-refractivity contribution is 6.31. The van der Waals surface area contributed by atoms with E-state index in [-0.39, 0.29) is 0 Å². The first-order valence-corrected chi connectivity index (χ1v) is 13.6. The summed E-state index contributed by atoms with van der Waals surface area (Å²) < 4.78 is 2.63. The van der Waals surface area contributed by atoms with Crippen LogP contribution < -0.4 is 4.90 Å². The van der Waals surface area contributed by atoms with Gasteiger partial charge in [0.1, 0.15) is 0 Å². The van der Waals surface area contributed by atoms with Crippen molar-refractivity contribution in [3.63, 3.8) is 0 Å². The second-order valence-electron chi connectivity index (χ2n) is 10.3. The molecule has 174 valence electrons. The van der Waals surface area contributed by atoms with E-state index in [2.05, 4.69) is 56.8 Å². The molecule has 3 nitrogen and oxygen atoms in total. The van der Waals surface area contributed by atoms with Gasteiger partial charge < -0.3 is 14.4 Å². The summed E-state index contributed by atoms with van der Waals surface area (Å²) >= 11 is 6.59. The molecule has 0 N–H and O–H groups in total. The SMILES string of the molecule is Clc1ccc2c(c1)N(CCN1CCCCC1)CCn1c-2c(C2CCCCC2)c2ccccc21. The normalized spacial score (nSPS) is 20.0. The highest BCUT2D eigenvalue weighted by atomic mass is 35.5. The van der Waals surface area contributed by atoms with Gasteiger partial charge in [-0.1, -0.05) is 55.5 Å². The molecule has 6 rings (SSSR count). The molecule has 0 spiro atoms. The van der Waals surface area contributed by atoms with Gasteiger partial charge in [0.25, 0.3) is 0 Å².